The van der Waals surface area contributed by atoms with Gasteiger partial charge in [-0.3, -0.25) is 4.79 Å². The van der Waals surface area contributed by atoms with Crippen molar-refractivity contribution in [3.05, 3.63) is 11.8 Å². The molecule has 3 aliphatic heterocycles. The van der Waals surface area contributed by atoms with Crippen LogP contribution in [0.25, 0.3) is 0 Å². The lowest BCUT2D eigenvalue weighted by Gasteiger charge is -2.46. The van der Waals surface area contributed by atoms with Gasteiger partial charge >= 0.3 is 5.97 Å². The standard InChI is InChI=1S/C14H20N2O4S/c1-7-5-10(14(19)20-21-9-3-4-15-6-9)16-12(7)11(8(2)17)13(16)18/h5,7-9,11-12,15,17H,3-4,6H2,1-2H3/t7?,8-,9?,11?,12-/m1/s1. The molecule has 21 heavy (non-hydrogen) atoms. The fourth-order valence-electron chi connectivity index (χ4n) is 3.32. The summed E-state index contributed by atoms with van der Waals surface area (Å²) in [6.45, 7) is 5.35. The minimum atomic E-state index is -0.691. The van der Waals surface area contributed by atoms with Gasteiger partial charge in [-0.05, 0) is 31.9 Å². The molecule has 7 heteroatoms. The smallest absolute Gasteiger partial charge is 0.366 e. The van der Waals surface area contributed by atoms with E-state index in [-0.39, 0.29) is 23.1 Å². The van der Waals surface area contributed by atoms with Gasteiger partial charge in [0.2, 0.25) is 5.91 Å². The zero-order valence-electron chi connectivity index (χ0n) is 12.1. The van der Waals surface area contributed by atoms with Crippen LogP contribution < -0.4 is 5.32 Å². The van der Waals surface area contributed by atoms with E-state index in [0.29, 0.717) is 5.70 Å². The van der Waals surface area contributed by atoms with E-state index in [1.54, 1.807) is 13.0 Å². The number of β-lactam (4-membered cyclic amide) rings is 1. The number of hydrogen-bond acceptors (Lipinski definition) is 6. The predicted octanol–water partition coefficient (Wildman–Crippen LogP) is 0.281. The van der Waals surface area contributed by atoms with Crippen molar-refractivity contribution in [2.75, 3.05) is 13.1 Å². The van der Waals surface area contributed by atoms with Gasteiger partial charge in [-0.2, -0.15) is 0 Å². The third kappa shape index (κ3) is 2.47. The molecular formula is C14H20N2O4S. The summed E-state index contributed by atoms with van der Waals surface area (Å²) >= 11 is 1.18. The van der Waals surface area contributed by atoms with E-state index < -0.39 is 18.0 Å². The van der Waals surface area contributed by atoms with E-state index in [1.165, 1.54) is 16.9 Å². The Balaban J connectivity index is 1.62. The van der Waals surface area contributed by atoms with Crippen LogP contribution in [0.15, 0.2) is 11.8 Å². The molecule has 3 heterocycles. The van der Waals surface area contributed by atoms with E-state index in [0.717, 1.165) is 19.5 Å². The van der Waals surface area contributed by atoms with Crippen molar-refractivity contribution in [1.82, 2.24) is 10.2 Å². The highest BCUT2D eigenvalue weighted by Gasteiger charge is 2.57. The van der Waals surface area contributed by atoms with E-state index in [9.17, 15) is 14.7 Å². The third-order valence-corrected chi connectivity index (χ3v) is 5.33. The number of carbonyl (C=O) groups is 2. The first-order valence-electron chi connectivity index (χ1n) is 7.32. The molecule has 0 radical (unpaired) electrons. The Hall–Kier alpha value is -1.05. The summed E-state index contributed by atoms with van der Waals surface area (Å²) in [5.41, 5.74) is 0.327. The lowest BCUT2D eigenvalue weighted by atomic mass is 9.79. The van der Waals surface area contributed by atoms with Crippen molar-refractivity contribution in [2.45, 2.75) is 37.7 Å². The van der Waals surface area contributed by atoms with Gasteiger partial charge in [0.15, 0.2) is 0 Å². The van der Waals surface area contributed by atoms with Gasteiger partial charge in [-0.1, -0.05) is 6.92 Å². The van der Waals surface area contributed by atoms with Crippen LogP contribution in [0, 0.1) is 11.8 Å². The minimum Gasteiger partial charge on any atom is -0.393 e. The molecule has 2 fully saturated rings. The first-order chi connectivity index (χ1) is 10.0. The maximum absolute atomic E-state index is 12.2. The number of rotatable bonds is 4. The molecule has 3 unspecified atom stereocenters. The molecule has 6 nitrogen and oxygen atoms in total. The van der Waals surface area contributed by atoms with Crippen LogP contribution in [0.5, 0.6) is 0 Å². The molecule has 5 atom stereocenters. The second-order valence-corrected chi connectivity index (χ2v) is 6.98. The molecule has 2 saturated heterocycles. The number of aliphatic hydroxyl groups excluding tert-OH is 1. The summed E-state index contributed by atoms with van der Waals surface area (Å²) < 4.78 is 5.27. The number of aliphatic hydroxyl groups is 1. The zero-order valence-corrected chi connectivity index (χ0v) is 12.9. The normalized spacial score (nSPS) is 36.0. The zero-order chi connectivity index (χ0) is 15.1. The van der Waals surface area contributed by atoms with Gasteiger partial charge in [0.1, 0.15) is 5.70 Å². The van der Waals surface area contributed by atoms with Crippen LogP contribution in [0.3, 0.4) is 0 Å². The number of carbonyl (C=O) groups excluding carboxylic acids is 2. The minimum absolute atomic E-state index is 0.0583. The quantitative estimate of drug-likeness (QED) is 0.573. The summed E-state index contributed by atoms with van der Waals surface area (Å²) in [6.07, 6.45) is 2.06. The Labute approximate surface area is 128 Å². The lowest BCUT2D eigenvalue weighted by Crippen LogP contribution is -2.63. The first-order valence-corrected chi connectivity index (χ1v) is 8.12. The van der Waals surface area contributed by atoms with Crippen LogP contribution in [-0.2, 0) is 13.8 Å². The summed E-state index contributed by atoms with van der Waals surface area (Å²) in [7, 11) is 0. The van der Waals surface area contributed by atoms with Crippen molar-refractivity contribution < 1.29 is 18.9 Å². The van der Waals surface area contributed by atoms with Gasteiger partial charge in [0.25, 0.3) is 0 Å². The van der Waals surface area contributed by atoms with Gasteiger partial charge in [0.05, 0.1) is 35.4 Å². The molecule has 0 aromatic carbocycles. The van der Waals surface area contributed by atoms with E-state index in [2.05, 4.69) is 5.32 Å². The molecule has 3 rings (SSSR count). The molecule has 0 bridgehead atoms. The average Bonchev–Trinajstić information content (AvgIpc) is 3.02. The fraction of sp³-hybridized carbons (Fsp3) is 0.714. The Morgan fingerprint density at radius 1 is 1.62 bits per heavy atom. The summed E-state index contributed by atoms with van der Waals surface area (Å²) in [4.78, 5) is 25.8. The molecular weight excluding hydrogens is 292 g/mol. The number of hydrogen-bond donors (Lipinski definition) is 2. The molecule has 0 spiro atoms. The second kappa shape index (κ2) is 5.62. The number of fused-ring (bicyclic) bond motifs is 1. The van der Waals surface area contributed by atoms with E-state index in [1.807, 2.05) is 6.92 Å². The monoisotopic (exact) mass is 312 g/mol. The Morgan fingerprint density at radius 3 is 3.00 bits per heavy atom. The predicted molar refractivity (Wildman–Crippen MR) is 78.0 cm³/mol. The maximum atomic E-state index is 12.2. The summed E-state index contributed by atoms with van der Waals surface area (Å²) in [5.74, 6) is -0.995. The highest BCUT2D eigenvalue weighted by Crippen LogP contribution is 2.43. The fourth-order valence-corrected chi connectivity index (χ4v) is 4.03. The van der Waals surface area contributed by atoms with Crippen LogP contribution in [-0.4, -0.2) is 52.4 Å². The Bertz CT molecular complexity index is 487. The van der Waals surface area contributed by atoms with Gasteiger partial charge in [-0.25, -0.2) is 4.79 Å². The highest BCUT2D eigenvalue weighted by atomic mass is 32.2. The van der Waals surface area contributed by atoms with Crippen molar-refractivity contribution in [2.24, 2.45) is 11.8 Å². The van der Waals surface area contributed by atoms with E-state index in [4.69, 9.17) is 4.18 Å². The van der Waals surface area contributed by atoms with Crippen molar-refractivity contribution in [3.63, 3.8) is 0 Å². The molecule has 0 aliphatic carbocycles. The van der Waals surface area contributed by atoms with Gasteiger partial charge in [-0.15, -0.1) is 0 Å². The molecule has 0 aromatic heterocycles. The highest BCUT2D eigenvalue weighted by molar-refractivity contribution is 7.95. The summed E-state index contributed by atoms with van der Waals surface area (Å²) in [5, 5.41) is 13.2. The third-order valence-electron chi connectivity index (χ3n) is 4.41. The van der Waals surface area contributed by atoms with Gasteiger partial charge < -0.3 is 19.5 Å². The lowest BCUT2D eigenvalue weighted by molar-refractivity contribution is -0.162. The van der Waals surface area contributed by atoms with Crippen LogP contribution in [0.4, 0.5) is 0 Å². The van der Waals surface area contributed by atoms with Crippen molar-refractivity contribution in [3.8, 4) is 0 Å². The Morgan fingerprint density at radius 2 is 2.38 bits per heavy atom. The molecule has 1 amide bonds. The SMILES string of the molecule is CC1C=C(C(=O)OSC2CCNC2)N2C(=O)C([C@@H](C)O)[C@@H]12. The number of amides is 1. The molecule has 3 aliphatic rings. The largest absolute Gasteiger partial charge is 0.393 e. The van der Waals surface area contributed by atoms with Crippen molar-refractivity contribution >= 4 is 23.9 Å². The van der Waals surface area contributed by atoms with Gasteiger partial charge in [0, 0.05) is 6.54 Å². The maximum Gasteiger partial charge on any atom is 0.366 e. The molecule has 0 aromatic rings. The van der Waals surface area contributed by atoms with Crippen LogP contribution in [0.2, 0.25) is 0 Å². The number of nitrogens with one attached hydrogen (secondary N) is 1. The summed E-state index contributed by atoms with van der Waals surface area (Å²) in [6, 6.07) is -0.113. The van der Waals surface area contributed by atoms with Crippen LogP contribution in [0.1, 0.15) is 20.3 Å². The first kappa shape index (κ1) is 14.9. The van der Waals surface area contributed by atoms with Crippen molar-refractivity contribution in [1.29, 1.82) is 0 Å². The average molecular weight is 312 g/mol. The van der Waals surface area contributed by atoms with Crippen LogP contribution >= 0.6 is 12.0 Å². The number of nitrogens with zero attached hydrogens (tertiary/aromatic N) is 1. The Kier molecular flexibility index (Phi) is 3.98. The molecule has 2 N–H and O–H groups in total. The van der Waals surface area contributed by atoms with E-state index >= 15 is 0 Å². The second-order valence-electron chi connectivity index (χ2n) is 5.96. The molecule has 0 saturated carbocycles. The molecule has 116 valence electrons. The topological polar surface area (TPSA) is 78.9 Å².